The fourth-order valence-corrected chi connectivity index (χ4v) is 3.59. The van der Waals surface area contributed by atoms with E-state index in [9.17, 15) is 44.7 Å². The third-order valence-electron chi connectivity index (χ3n) is 5.49. The smallest absolute Gasteiger partial charge is 0.411 e. The maximum atomic E-state index is 14.9. The molecule has 3 aromatic rings. The summed E-state index contributed by atoms with van der Waals surface area (Å²) in [6.45, 7) is 1.27. The van der Waals surface area contributed by atoms with Crippen LogP contribution in [-0.2, 0) is 9.59 Å². The number of unbranched alkanes of at least 4 members (excludes halogenated alkanes) is 3. The van der Waals surface area contributed by atoms with E-state index in [0.29, 0.717) is 0 Å². The molecule has 0 unspecified atom stereocenters. The monoisotopic (exact) mass is 533 g/mol. The zero-order valence-electron chi connectivity index (χ0n) is 19.0. The fourth-order valence-electron chi connectivity index (χ4n) is 3.59. The van der Waals surface area contributed by atoms with Crippen molar-refractivity contribution in [1.82, 2.24) is 0 Å². The van der Waals surface area contributed by atoms with E-state index in [4.69, 9.17) is 4.42 Å². The molecule has 2 aromatic carbocycles. The van der Waals surface area contributed by atoms with Crippen LogP contribution in [0.15, 0.2) is 28.7 Å². The lowest BCUT2D eigenvalue weighted by molar-refractivity contribution is -0.304. The first-order chi connectivity index (χ1) is 17.3. The maximum absolute atomic E-state index is 14.9. The molecule has 1 heterocycles. The number of hydrogen-bond acceptors (Lipinski definition) is 4. The van der Waals surface area contributed by atoms with Gasteiger partial charge in [-0.15, -0.1) is 5.92 Å². The summed E-state index contributed by atoms with van der Waals surface area (Å²) in [4.78, 5) is 22.2. The Morgan fingerprint density at radius 1 is 1.00 bits per heavy atom. The van der Waals surface area contributed by atoms with Crippen LogP contribution in [0.5, 0.6) is 5.75 Å². The summed E-state index contributed by atoms with van der Waals surface area (Å²) >= 11 is 0. The van der Waals surface area contributed by atoms with Crippen LogP contribution >= 0.6 is 0 Å². The van der Waals surface area contributed by atoms with Crippen LogP contribution in [0.4, 0.5) is 35.1 Å². The second kappa shape index (κ2) is 10.4. The number of hydrogen-bond donors (Lipinski definition) is 0. The average Bonchev–Trinajstić information content (AvgIpc) is 3.23. The highest BCUT2D eigenvalue weighted by molar-refractivity contribution is 6.10. The minimum Gasteiger partial charge on any atom is -0.454 e. The molecule has 197 valence electrons. The Labute approximate surface area is 204 Å². The molecular weight excluding hydrogens is 516 g/mol. The molecule has 0 aliphatic carbocycles. The lowest BCUT2D eigenvalue weighted by atomic mass is 9.98. The summed E-state index contributed by atoms with van der Waals surface area (Å²) < 4.78 is 125. The third kappa shape index (κ3) is 4.86. The van der Waals surface area contributed by atoms with E-state index >= 15 is 0 Å². The SMILES string of the molecule is CC#Cc1c(F)c(F)c(OC(=O)C(F)(F)C(F)(F)C(F)(F)CCCCC[C]=O)c2c1oc1ccccc12. The van der Waals surface area contributed by atoms with E-state index in [0.717, 1.165) is 0 Å². The van der Waals surface area contributed by atoms with Crippen molar-refractivity contribution in [2.45, 2.75) is 56.8 Å². The maximum Gasteiger partial charge on any atom is 0.411 e. The number of esters is 1. The molecule has 0 spiro atoms. The first kappa shape index (κ1) is 28.0. The summed E-state index contributed by atoms with van der Waals surface area (Å²) in [7, 11) is 0. The van der Waals surface area contributed by atoms with Crippen molar-refractivity contribution in [2.24, 2.45) is 0 Å². The Morgan fingerprint density at radius 2 is 1.68 bits per heavy atom. The van der Waals surface area contributed by atoms with Gasteiger partial charge >= 0.3 is 23.7 Å². The molecule has 0 bridgehead atoms. The number of furan rings is 1. The predicted molar refractivity (Wildman–Crippen MR) is 115 cm³/mol. The van der Waals surface area contributed by atoms with Crippen molar-refractivity contribution < 1.29 is 53.9 Å². The van der Waals surface area contributed by atoms with E-state index < -0.39 is 70.5 Å². The van der Waals surface area contributed by atoms with Crippen molar-refractivity contribution >= 4 is 34.2 Å². The number of carbonyl (C=O) groups is 1. The van der Waals surface area contributed by atoms with Crippen molar-refractivity contribution in [3.63, 3.8) is 0 Å². The van der Waals surface area contributed by atoms with Gasteiger partial charge in [0.1, 0.15) is 11.1 Å². The molecule has 4 nitrogen and oxygen atoms in total. The highest BCUT2D eigenvalue weighted by Gasteiger charge is 2.75. The van der Waals surface area contributed by atoms with Gasteiger partial charge in [0.15, 0.2) is 23.4 Å². The number of benzene rings is 2. The molecule has 0 amide bonds. The molecule has 1 aromatic heterocycles. The van der Waals surface area contributed by atoms with Crippen molar-refractivity contribution in [2.75, 3.05) is 0 Å². The van der Waals surface area contributed by atoms with Crippen LogP contribution in [0.2, 0.25) is 0 Å². The lowest BCUT2D eigenvalue weighted by Gasteiger charge is -2.31. The number of rotatable bonds is 10. The zero-order valence-corrected chi connectivity index (χ0v) is 19.0. The van der Waals surface area contributed by atoms with Gasteiger partial charge in [-0.25, -0.2) is 9.18 Å². The first-order valence-electron chi connectivity index (χ1n) is 10.8. The number of ether oxygens (including phenoxy) is 1. The zero-order chi connectivity index (χ0) is 27.6. The van der Waals surface area contributed by atoms with E-state index in [2.05, 4.69) is 16.6 Å². The van der Waals surface area contributed by atoms with E-state index in [-0.39, 0.29) is 30.2 Å². The Morgan fingerprint density at radius 3 is 2.32 bits per heavy atom. The highest BCUT2D eigenvalue weighted by Crippen LogP contribution is 2.49. The van der Waals surface area contributed by atoms with Gasteiger partial charge in [0.2, 0.25) is 5.82 Å². The molecule has 3 rings (SSSR count). The molecule has 12 heteroatoms. The third-order valence-corrected chi connectivity index (χ3v) is 5.49. The number of alkyl halides is 6. The highest BCUT2D eigenvalue weighted by atomic mass is 19.3. The summed E-state index contributed by atoms with van der Waals surface area (Å²) in [5, 5.41) is -0.662. The van der Waals surface area contributed by atoms with Gasteiger partial charge in [0, 0.05) is 18.2 Å². The van der Waals surface area contributed by atoms with Crippen LogP contribution in [0.25, 0.3) is 21.9 Å². The van der Waals surface area contributed by atoms with Gasteiger partial charge in [0.05, 0.1) is 5.39 Å². The Balaban J connectivity index is 2.04. The van der Waals surface area contributed by atoms with Gasteiger partial charge in [0.25, 0.3) is 0 Å². The molecule has 0 saturated carbocycles. The first-order valence-corrected chi connectivity index (χ1v) is 10.8. The topological polar surface area (TPSA) is 56.5 Å². The van der Waals surface area contributed by atoms with Crippen LogP contribution in [0, 0.1) is 23.5 Å². The van der Waals surface area contributed by atoms with Gasteiger partial charge in [-0.3, -0.25) is 4.79 Å². The van der Waals surface area contributed by atoms with E-state index in [1.807, 2.05) is 0 Å². The van der Waals surface area contributed by atoms with Gasteiger partial charge < -0.3 is 9.15 Å². The number of halogens is 8. The Bertz CT molecular complexity index is 1400. The van der Waals surface area contributed by atoms with Crippen molar-refractivity contribution in [3.8, 4) is 17.6 Å². The summed E-state index contributed by atoms with van der Waals surface area (Å²) in [6, 6.07) is 5.40. The molecule has 0 N–H and O–H groups in total. The van der Waals surface area contributed by atoms with Crippen molar-refractivity contribution in [1.29, 1.82) is 0 Å². The molecule has 37 heavy (non-hydrogen) atoms. The van der Waals surface area contributed by atoms with Crippen LogP contribution in [-0.4, -0.2) is 30.0 Å². The second-order valence-corrected chi connectivity index (χ2v) is 7.96. The standard InChI is InChI=1S/C25H17F8O4/c1-2-9-15-18(26)19(27)21(17-14-10-5-6-11-16(14)36-20(15)17)37-22(35)24(30,31)25(32,33)23(28,29)12-7-3-4-8-13-34/h5-6,10-11H,3-4,7-8,12H2,1H3. The lowest BCUT2D eigenvalue weighted by Crippen LogP contribution is -2.59. The number of carbonyl (C=O) groups excluding carboxylic acids is 2. The Kier molecular flexibility index (Phi) is 7.86. The normalized spacial score (nSPS) is 12.5. The molecule has 0 aliphatic rings. The molecule has 0 atom stereocenters. The van der Waals surface area contributed by atoms with E-state index in [1.165, 1.54) is 37.5 Å². The molecule has 1 radical (unpaired) electrons. The van der Waals surface area contributed by atoms with Crippen LogP contribution in [0.1, 0.15) is 44.6 Å². The fraction of sp³-hybridized carbons (Fsp3) is 0.360. The average molecular weight is 533 g/mol. The summed E-state index contributed by atoms with van der Waals surface area (Å²) in [5.74, 6) is -21.9. The van der Waals surface area contributed by atoms with Gasteiger partial charge in [-0.05, 0) is 25.8 Å². The largest absolute Gasteiger partial charge is 0.454 e. The summed E-state index contributed by atoms with van der Waals surface area (Å²) in [5.41, 5.74) is -1.25. The second-order valence-electron chi connectivity index (χ2n) is 7.96. The van der Waals surface area contributed by atoms with Gasteiger partial charge in [-0.2, -0.15) is 30.7 Å². The molecular formula is C25H17F8O4. The molecule has 0 fully saturated rings. The van der Waals surface area contributed by atoms with Crippen LogP contribution in [0.3, 0.4) is 0 Å². The minimum atomic E-state index is -6.26. The number of fused-ring (bicyclic) bond motifs is 3. The Hall–Kier alpha value is -3.62. The quantitative estimate of drug-likeness (QED) is 0.0917. The van der Waals surface area contributed by atoms with Gasteiger partial charge in [-0.1, -0.05) is 30.5 Å². The van der Waals surface area contributed by atoms with Crippen LogP contribution < -0.4 is 4.74 Å². The minimum absolute atomic E-state index is 0.0154. The molecule has 0 saturated heterocycles. The van der Waals surface area contributed by atoms with E-state index in [1.54, 1.807) is 0 Å². The predicted octanol–water partition coefficient (Wildman–Crippen LogP) is 7.11. The molecule has 0 aliphatic heterocycles. The van der Waals surface area contributed by atoms with Crippen molar-refractivity contribution in [3.05, 3.63) is 41.5 Å². The number of para-hydroxylation sites is 1. The summed E-state index contributed by atoms with van der Waals surface area (Å²) in [6.07, 6.45) is -1.27.